The molecule has 0 aromatic rings. The molecule has 0 spiro atoms. The van der Waals surface area contributed by atoms with E-state index in [0.717, 1.165) is 0 Å². The van der Waals surface area contributed by atoms with Crippen LogP contribution < -0.4 is 5.32 Å². The molecule has 0 bridgehead atoms. The Bertz CT molecular complexity index is 205. The minimum absolute atomic E-state index is 0.00434. The molecule has 1 unspecified atom stereocenters. The number of nitrogens with one attached hydrogen (secondary N) is 1. The first-order valence-electron chi connectivity index (χ1n) is 3.84. The van der Waals surface area contributed by atoms with Crippen molar-refractivity contribution in [1.29, 1.82) is 0 Å². The third-order valence-electron chi connectivity index (χ3n) is 1.96. The number of hydrogen-bond donors (Lipinski definition) is 2. The van der Waals surface area contributed by atoms with Gasteiger partial charge in [-0.3, -0.25) is 4.79 Å². The van der Waals surface area contributed by atoms with Gasteiger partial charge in [0.25, 0.3) is 0 Å². The molecule has 0 radical (unpaired) electrons. The third kappa shape index (κ3) is 2.11. The summed E-state index contributed by atoms with van der Waals surface area (Å²) in [5.41, 5.74) is 0. The Kier molecular flexibility index (Phi) is 2.52. The zero-order valence-electron chi connectivity index (χ0n) is 6.91. The highest BCUT2D eigenvalue weighted by Crippen LogP contribution is 2.08. The average molecular weight is 172 g/mol. The van der Waals surface area contributed by atoms with Crippen molar-refractivity contribution in [3.63, 3.8) is 0 Å². The van der Waals surface area contributed by atoms with Crippen LogP contribution in [-0.4, -0.2) is 41.1 Å². The Morgan fingerprint density at radius 2 is 2.25 bits per heavy atom. The van der Waals surface area contributed by atoms with Crippen LogP contribution in [0.3, 0.4) is 0 Å². The van der Waals surface area contributed by atoms with E-state index in [1.54, 1.807) is 4.90 Å². The largest absolute Gasteiger partial charge is 0.465 e. The highest BCUT2D eigenvalue weighted by Gasteiger charge is 2.24. The molecule has 68 valence electrons. The lowest BCUT2D eigenvalue weighted by molar-refractivity contribution is -0.127. The number of carboxylic acid groups (broad SMARTS) is 1. The van der Waals surface area contributed by atoms with Gasteiger partial charge in [0.1, 0.15) is 0 Å². The predicted octanol–water partition coefficient (Wildman–Crippen LogP) is -0.125. The van der Waals surface area contributed by atoms with Crippen molar-refractivity contribution in [1.82, 2.24) is 10.2 Å². The molecule has 1 fully saturated rings. The molecule has 1 aliphatic rings. The van der Waals surface area contributed by atoms with Gasteiger partial charge in [0.15, 0.2) is 0 Å². The van der Waals surface area contributed by atoms with Crippen LogP contribution in [0.4, 0.5) is 4.79 Å². The molecular formula is C7H12N2O3. The van der Waals surface area contributed by atoms with Gasteiger partial charge in [0, 0.05) is 20.0 Å². The van der Waals surface area contributed by atoms with Crippen molar-refractivity contribution < 1.29 is 14.7 Å². The Morgan fingerprint density at radius 3 is 2.67 bits per heavy atom. The molecule has 1 atom stereocenters. The molecule has 12 heavy (non-hydrogen) atoms. The van der Waals surface area contributed by atoms with Crippen molar-refractivity contribution in [2.24, 2.45) is 0 Å². The maximum absolute atomic E-state index is 10.8. The normalized spacial score (nSPS) is 22.4. The van der Waals surface area contributed by atoms with E-state index in [2.05, 4.69) is 5.32 Å². The van der Waals surface area contributed by atoms with Crippen molar-refractivity contribution in [2.45, 2.75) is 19.4 Å². The molecule has 5 nitrogen and oxygen atoms in total. The van der Waals surface area contributed by atoms with E-state index in [1.807, 2.05) is 0 Å². The molecule has 2 N–H and O–H groups in total. The summed E-state index contributed by atoms with van der Waals surface area (Å²) < 4.78 is 0. The summed E-state index contributed by atoms with van der Waals surface area (Å²) in [6.45, 7) is 2.64. The summed E-state index contributed by atoms with van der Waals surface area (Å²) in [5.74, 6) is 0.00434. The first-order valence-corrected chi connectivity index (χ1v) is 3.84. The standard InChI is InChI=1S/C7H12N2O3/c1-5(10)9-3-2-6(4-9)8-7(11)12/h6,8H,2-4H2,1H3,(H,11,12). The van der Waals surface area contributed by atoms with E-state index in [1.165, 1.54) is 6.92 Å². The van der Waals surface area contributed by atoms with E-state index in [9.17, 15) is 9.59 Å². The first kappa shape index (κ1) is 8.83. The Hall–Kier alpha value is -1.26. The molecule has 1 aliphatic heterocycles. The fourth-order valence-corrected chi connectivity index (χ4v) is 1.34. The van der Waals surface area contributed by atoms with Gasteiger partial charge >= 0.3 is 6.09 Å². The van der Waals surface area contributed by atoms with Crippen LogP contribution in [0.1, 0.15) is 13.3 Å². The molecular weight excluding hydrogens is 160 g/mol. The van der Waals surface area contributed by atoms with Crippen LogP contribution in [-0.2, 0) is 4.79 Å². The van der Waals surface area contributed by atoms with Crippen molar-refractivity contribution >= 4 is 12.0 Å². The topological polar surface area (TPSA) is 69.6 Å². The lowest BCUT2D eigenvalue weighted by Crippen LogP contribution is -2.37. The zero-order valence-corrected chi connectivity index (χ0v) is 6.91. The van der Waals surface area contributed by atoms with Crippen LogP contribution >= 0.6 is 0 Å². The maximum Gasteiger partial charge on any atom is 0.404 e. The summed E-state index contributed by atoms with van der Waals surface area (Å²) in [5, 5.41) is 10.7. The second kappa shape index (κ2) is 3.42. The minimum Gasteiger partial charge on any atom is -0.465 e. The molecule has 1 heterocycles. The number of rotatable bonds is 1. The number of nitrogens with zero attached hydrogens (tertiary/aromatic N) is 1. The predicted molar refractivity (Wildman–Crippen MR) is 41.8 cm³/mol. The van der Waals surface area contributed by atoms with Gasteiger partial charge in [-0.2, -0.15) is 0 Å². The van der Waals surface area contributed by atoms with Gasteiger partial charge < -0.3 is 15.3 Å². The van der Waals surface area contributed by atoms with Crippen LogP contribution in [0.5, 0.6) is 0 Å². The molecule has 0 aliphatic carbocycles. The Morgan fingerprint density at radius 1 is 1.58 bits per heavy atom. The van der Waals surface area contributed by atoms with Gasteiger partial charge in [-0.05, 0) is 6.42 Å². The van der Waals surface area contributed by atoms with Crippen molar-refractivity contribution in [3.05, 3.63) is 0 Å². The van der Waals surface area contributed by atoms with Gasteiger partial charge in [-0.1, -0.05) is 0 Å². The molecule has 0 saturated carbocycles. The highest BCUT2D eigenvalue weighted by molar-refractivity contribution is 5.73. The fourth-order valence-electron chi connectivity index (χ4n) is 1.34. The monoisotopic (exact) mass is 172 g/mol. The molecule has 0 aromatic carbocycles. The molecule has 1 saturated heterocycles. The van der Waals surface area contributed by atoms with Gasteiger partial charge in [-0.25, -0.2) is 4.79 Å². The zero-order chi connectivity index (χ0) is 9.14. The Balaban J connectivity index is 2.35. The minimum atomic E-state index is -1.02. The van der Waals surface area contributed by atoms with Crippen LogP contribution in [0.15, 0.2) is 0 Å². The van der Waals surface area contributed by atoms with Crippen molar-refractivity contribution in [2.75, 3.05) is 13.1 Å². The van der Waals surface area contributed by atoms with Gasteiger partial charge in [0.05, 0.1) is 6.04 Å². The quantitative estimate of drug-likeness (QED) is 0.579. The Labute approximate surface area is 70.4 Å². The van der Waals surface area contributed by atoms with E-state index in [4.69, 9.17) is 5.11 Å². The summed E-state index contributed by atoms with van der Waals surface area (Å²) in [6.07, 6.45) is -0.309. The SMILES string of the molecule is CC(=O)N1CCC(NC(=O)O)C1. The number of amides is 2. The summed E-state index contributed by atoms with van der Waals surface area (Å²) in [6, 6.07) is -0.0913. The second-order valence-corrected chi connectivity index (χ2v) is 2.90. The van der Waals surface area contributed by atoms with Crippen molar-refractivity contribution in [3.8, 4) is 0 Å². The highest BCUT2D eigenvalue weighted by atomic mass is 16.4. The van der Waals surface area contributed by atoms with E-state index in [-0.39, 0.29) is 11.9 Å². The van der Waals surface area contributed by atoms with Crippen LogP contribution in [0.2, 0.25) is 0 Å². The van der Waals surface area contributed by atoms with Crippen LogP contribution in [0, 0.1) is 0 Å². The average Bonchev–Trinajstić information content (AvgIpc) is 2.34. The summed E-state index contributed by atoms with van der Waals surface area (Å²) in [4.78, 5) is 22.7. The first-order chi connectivity index (χ1) is 5.59. The summed E-state index contributed by atoms with van der Waals surface area (Å²) >= 11 is 0. The van der Waals surface area contributed by atoms with Gasteiger partial charge in [-0.15, -0.1) is 0 Å². The molecule has 1 rings (SSSR count). The molecule has 2 amide bonds. The summed E-state index contributed by atoms with van der Waals surface area (Å²) in [7, 11) is 0. The van der Waals surface area contributed by atoms with Crippen LogP contribution in [0.25, 0.3) is 0 Å². The number of carbonyl (C=O) groups is 2. The van der Waals surface area contributed by atoms with E-state index < -0.39 is 6.09 Å². The number of likely N-dealkylation sites (tertiary alicyclic amines) is 1. The molecule has 0 aromatic heterocycles. The fraction of sp³-hybridized carbons (Fsp3) is 0.714. The van der Waals surface area contributed by atoms with Gasteiger partial charge in [0.2, 0.25) is 5.91 Å². The molecule has 5 heteroatoms. The smallest absolute Gasteiger partial charge is 0.404 e. The number of carbonyl (C=O) groups excluding carboxylic acids is 1. The third-order valence-corrected chi connectivity index (χ3v) is 1.96. The van der Waals surface area contributed by atoms with E-state index in [0.29, 0.717) is 19.5 Å². The second-order valence-electron chi connectivity index (χ2n) is 2.90. The lowest BCUT2D eigenvalue weighted by atomic mass is 10.3. The van der Waals surface area contributed by atoms with E-state index >= 15 is 0 Å². The lowest BCUT2D eigenvalue weighted by Gasteiger charge is -2.13. The maximum atomic E-state index is 10.8. The number of hydrogen-bond acceptors (Lipinski definition) is 2.